The molecule has 1 aromatic heterocycles. The van der Waals surface area contributed by atoms with E-state index in [1.165, 1.54) is 14.2 Å². The molecule has 1 aromatic carbocycles. The maximum Gasteiger partial charge on any atom is 0.343 e. The van der Waals surface area contributed by atoms with E-state index in [4.69, 9.17) is 9.47 Å². The van der Waals surface area contributed by atoms with E-state index < -0.39 is 5.97 Å². The lowest BCUT2D eigenvalue weighted by Crippen LogP contribution is -2.08. The monoisotopic (exact) mass is 302 g/mol. The molecule has 0 unspecified atom stereocenters. The number of carbonyl (C=O) groups is 1. The normalized spacial score (nSPS) is 9.95. The van der Waals surface area contributed by atoms with Crippen LogP contribution in [0.25, 0.3) is 0 Å². The molecule has 116 valence electrons. The molecule has 0 saturated heterocycles. The van der Waals surface area contributed by atoms with Crippen LogP contribution in [0.4, 0.5) is 5.82 Å². The van der Waals surface area contributed by atoms with Gasteiger partial charge in [0.15, 0.2) is 0 Å². The third kappa shape index (κ3) is 3.46. The summed E-state index contributed by atoms with van der Waals surface area (Å²) in [7, 11) is 4.40. The first-order valence-corrected chi connectivity index (χ1v) is 6.68. The van der Waals surface area contributed by atoms with Crippen molar-refractivity contribution in [2.45, 2.75) is 6.54 Å². The summed E-state index contributed by atoms with van der Waals surface area (Å²) >= 11 is 0. The molecule has 22 heavy (non-hydrogen) atoms. The van der Waals surface area contributed by atoms with E-state index in [-0.39, 0.29) is 11.4 Å². The summed E-state index contributed by atoms with van der Waals surface area (Å²) < 4.78 is 15.1. The first-order chi connectivity index (χ1) is 10.7. The Balaban J connectivity index is 2.15. The fourth-order valence-electron chi connectivity index (χ4n) is 1.99. The van der Waals surface area contributed by atoms with Crippen molar-refractivity contribution in [3.63, 3.8) is 0 Å². The van der Waals surface area contributed by atoms with Crippen LogP contribution in [0.3, 0.4) is 0 Å². The highest BCUT2D eigenvalue weighted by Gasteiger charge is 2.14. The SMILES string of the molecule is COC(=O)c1ccc(NCc2ccccc2OC)nc1OC. The zero-order valence-corrected chi connectivity index (χ0v) is 12.8. The fraction of sp³-hybridized carbons (Fsp3) is 0.250. The summed E-state index contributed by atoms with van der Waals surface area (Å²) in [6, 6.07) is 11.0. The van der Waals surface area contributed by atoms with Crippen molar-refractivity contribution in [3.05, 3.63) is 47.5 Å². The number of aromatic nitrogens is 1. The van der Waals surface area contributed by atoms with Crippen LogP contribution in [-0.2, 0) is 11.3 Å². The number of benzene rings is 1. The maximum absolute atomic E-state index is 11.6. The van der Waals surface area contributed by atoms with Crippen molar-refractivity contribution < 1.29 is 19.0 Å². The standard InChI is InChI=1S/C16H18N2O4/c1-20-13-7-5-4-6-11(13)10-17-14-9-8-12(16(19)22-3)15(18-14)21-2/h4-9H,10H2,1-3H3,(H,17,18). The Kier molecular flexibility index (Phi) is 5.19. The highest BCUT2D eigenvalue weighted by molar-refractivity contribution is 5.92. The van der Waals surface area contributed by atoms with Gasteiger partial charge < -0.3 is 19.5 Å². The second kappa shape index (κ2) is 7.31. The van der Waals surface area contributed by atoms with Gasteiger partial charge in [0.25, 0.3) is 0 Å². The van der Waals surface area contributed by atoms with Crippen molar-refractivity contribution >= 4 is 11.8 Å². The van der Waals surface area contributed by atoms with E-state index in [9.17, 15) is 4.79 Å². The molecule has 0 fully saturated rings. The van der Waals surface area contributed by atoms with Crippen molar-refractivity contribution in [1.29, 1.82) is 0 Å². The lowest BCUT2D eigenvalue weighted by atomic mass is 10.2. The zero-order valence-electron chi connectivity index (χ0n) is 12.8. The molecule has 2 rings (SSSR count). The van der Waals surface area contributed by atoms with Gasteiger partial charge in [0, 0.05) is 12.1 Å². The molecule has 0 saturated carbocycles. The third-order valence-corrected chi connectivity index (χ3v) is 3.11. The van der Waals surface area contributed by atoms with E-state index in [2.05, 4.69) is 15.0 Å². The van der Waals surface area contributed by atoms with E-state index in [1.807, 2.05) is 24.3 Å². The minimum atomic E-state index is -0.486. The van der Waals surface area contributed by atoms with Crippen LogP contribution in [0.5, 0.6) is 11.6 Å². The Labute approximate surface area is 129 Å². The molecule has 0 atom stereocenters. The van der Waals surface area contributed by atoms with Gasteiger partial charge in [-0.25, -0.2) is 4.79 Å². The van der Waals surface area contributed by atoms with Gasteiger partial charge >= 0.3 is 5.97 Å². The van der Waals surface area contributed by atoms with Crippen LogP contribution >= 0.6 is 0 Å². The Morgan fingerprint density at radius 1 is 1.09 bits per heavy atom. The minimum absolute atomic E-state index is 0.219. The van der Waals surface area contributed by atoms with Gasteiger partial charge in [-0.3, -0.25) is 0 Å². The van der Waals surface area contributed by atoms with E-state index in [0.717, 1.165) is 11.3 Å². The number of ether oxygens (including phenoxy) is 3. The molecular weight excluding hydrogens is 284 g/mol. The average Bonchev–Trinajstić information content (AvgIpc) is 2.59. The quantitative estimate of drug-likeness (QED) is 0.827. The molecular formula is C16H18N2O4. The number of esters is 1. The predicted molar refractivity (Wildman–Crippen MR) is 82.4 cm³/mol. The van der Waals surface area contributed by atoms with Crippen LogP contribution < -0.4 is 14.8 Å². The lowest BCUT2D eigenvalue weighted by Gasteiger charge is -2.11. The fourth-order valence-corrected chi connectivity index (χ4v) is 1.99. The van der Waals surface area contributed by atoms with Gasteiger partial charge in [-0.15, -0.1) is 0 Å². The van der Waals surface area contributed by atoms with Crippen molar-refractivity contribution in [2.24, 2.45) is 0 Å². The van der Waals surface area contributed by atoms with Gasteiger partial charge in [-0.2, -0.15) is 4.98 Å². The summed E-state index contributed by atoms with van der Waals surface area (Å²) in [6.45, 7) is 0.539. The summed E-state index contributed by atoms with van der Waals surface area (Å²) in [6.07, 6.45) is 0. The Morgan fingerprint density at radius 2 is 1.86 bits per heavy atom. The molecule has 0 bridgehead atoms. The van der Waals surface area contributed by atoms with Gasteiger partial charge in [0.05, 0.1) is 21.3 Å². The van der Waals surface area contributed by atoms with Crippen LogP contribution in [0.15, 0.2) is 36.4 Å². The number of methoxy groups -OCH3 is 3. The number of nitrogens with one attached hydrogen (secondary N) is 1. The molecule has 2 aromatic rings. The van der Waals surface area contributed by atoms with Gasteiger partial charge in [-0.05, 0) is 18.2 Å². The number of hydrogen-bond donors (Lipinski definition) is 1. The number of rotatable bonds is 6. The molecule has 6 heteroatoms. The second-order valence-corrected chi connectivity index (χ2v) is 4.41. The van der Waals surface area contributed by atoms with E-state index in [0.29, 0.717) is 12.4 Å². The number of pyridine rings is 1. The largest absolute Gasteiger partial charge is 0.496 e. The molecule has 0 spiro atoms. The number of carbonyl (C=O) groups excluding carboxylic acids is 1. The van der Waals surface area contributed by atoms with Gasteiger partial charge in [0.1, 0.15) is 17.1 Å². The van der Waals surface area contributed by atoms with Crippen molar-refractivity contribution in [3.8, 4) is 11.6 Å². The van der Waals surface area contributed by atoms with Crippen LogP contribution in [0, 0.1) is 0 Å². The Morgan fingerprint density at radius 3 is 2.55 bits per heavy atom. The Hall–Kier alpha value is -2.76. The first-order valence-electron chi connectivity index (χ1n) is 6.68. The highest BCUT2D eigenvalue weighted by Crippen LogP contribution is 2.22. The first kappa shape index (κ1) is 15.6. The second-order valence-electron chi connectivity index (χ2n) is 4.41. The van der Waals surface area contributed by atoms with Gasteiger partial charge in [0.2, 0.25) is 5.88 Å². The third-order valence-electron chi connectivity index (χ3n) is 3.11. The molecule has 0 aliphatic carbocycles. The minimum Gasteiger partial charge on any atom is -0.496 e. The molecule has 1 heterocycles. The molecule has 0 aliphatic heterocycles. The lowest BCUT2D eigenvalue weighted by molar-refractivity contribution is 0.0596. The molecule has 6 nitrogen and oxygen atoms in total. The Bertz CT molecular complexity index is 658. The number of anilines is 1. The molecule has 0 aliphatic rings. The number of para-hydroxylation sites is 1. The topological polar surface area (TPSA) is 69.7 Å². The molecule has 1 N–H and O–H groups in total. The number of nitrogens with zero attached hydrogens (tertiary/aromatic N) is 1. The summed E-state index contributed by atoms with van der Waals surface area (Å²) in [4.78, 5) is 15.8. The van der Waals surface area contributed by atoms with Crippen LogP contribution in [0.2, 0.25) is 0 Å². The summed E-state index contributed by atoms with van der Waals surface area (Å²) in [5.74, 6) is 1.13. The van der Waals surface area contributed by atoms with Gasteiger partial charge in [-0.1, -0.05) is 18.2 Å². The summed E-state index contributed by atoms with van der Waals surface area (Å²) in [5, 5.41) is 3.17. The van der Waals surface area contributed by atoms with E-state index in [1.54, 1.807) is 19.2 Å². The highest BCUT2D eigenvalue weighted by atomic mass is 16.5. The molecule has 0 amide bonds. The number of hydrogen-bond acceptors (Lipinski definition) is 6. The molecule has 0 radical (unpaired) electrons. The average molecular weight is 302 g/mol. The smallest absolute Gasteiger partial charge is 0.343 e. The predicted octanol–water partition coefficient (Wildman–Crippen LogP) is 2.50. The van der Waals surface area contributed by atoms with Crippen molar-refractivity contribution in [1.82, 2.24) is 4.98 Å². The van der Waals surface area contributed by atoms with Crippen LogP contribution in [0.1, 0.15) is 15.9 Å². The van der Waals surface area contributed by atoms with Crippen LogP contribution in [-0.4, -0.2) is 32.3 Å². The maximum atomic E-state index is 11.6. The zero-order chi connectivity index (χ0) is 15.9. The van der Waals surface area contributed by atoms with E-state index >= 15 is 0 Å². The summed E-state index contributed by atoms with van der Waals surface area (Å²) in [5.41, 5.74) is 1.29. The van der Waals surface area contributed by atoms with Crippen molar-refractivity contribution in [2.75, 3.05) is 26.6 Å².